The third-order valence-corrected chi connectivity index (χ3v) is 3.44. The van der Waals surface area contributed by atoms with Gasteiger partial charge in [-0.05, 0) is 54.8 Å². The largest absolute Gasteiger partial charge is 0.322 e. The van der Waals surface area contributed by atoms with Crippen LogP contribution in [0.2, 0.25) is 0 Å². The lowest BCUT2D eigenvalue weighted by molar-refractivity contribution is 0.102. The van der Waals surface area contributed by atoms with Crippen LogP contribution >= 0.6 is 11.6 Å². The molecular formula is C16H16ClNO. The van der Waals surface area contributed by atoms with Crippen molar-refractivity contribution in [2.24, 2.45) is 0 Å². The second-order valence-electron chi connectivity index (χ2n) is 4.58. The molecule has 0 heterocycles. The minimum Gasteiger partial charge on any atom is -0.322 e. The van der Waals surface area contributed by atoms with Gasteiger partial charge in [-0.25, -0.2) is 0 Å². The van der Waals surface area contributed by atoms with Crippen LogP contribution in [0.1, 0.15) is 27.0 Å². The molecule has 3 heteroatoms. The molecule has 0 unspecified atom stereocenters. The molecule has 0 aliphatic heterocycles. The summed E-state index contributed by atoms with van der Waals surface area (Å²) in [6.45, 7) is 4.08. The summed E-state index contributed by atoms with van der Waals surface area (Å²) in [4.78, 5) is 12.1. The summed E-state index contributed by atoms with van der Waals surface area (Å²) in [7, 11) is 0. The summed E-state index contributed by atoms with van der Waals surface area (Å²) in [5.74, 6) is 0.350. The first-order valence-corrected chi connectivity index (χ1v) is 6.67. The van der Waals surface area contributed by atoms with E-state index in [4.69, 9.17) is 11.6 Å². The van der Waals surface area contributed by atoms with E-state index in [9.17, 15) is 4.79 Å². The van der Waals surface area contributed by atoms with Gasteiger partial charge in [0.2, 0.25) is 0 Å². The minimum absolute atomic E-state index is 0.107. The number of benzene rings is 2. The van der Waals surface area contributed by atoms with E-state index in [1.807, 2.05) is 44.2 Å². The van der Waals surface area contributed by atoms with Crippen LogP contribution in [0, 0.1) is 13.8 Å². The molecule has 0 saturated carbocycles. The summed E-state index contributed by atoms with van der Waals surface area (Å²) >= 11 is 5.72. The van der Waals surface area contributed by atoms with Crippen LogP contribution in [0.4, 0.5) is 5.69 Å². The van der Waals surface area contributed by atoms with Crippen LogP contribution in [0.25, 0.3) is 0 Å². The number of halogens is 1. The number of carbonyl (C=O) groups is 1. The van der Waals surface area contributed by atoms with Gasteiger partial charge < -0.3 is 5.32 Å². The monoisotopic (exact) mass is 273 g/mol. The molecule has 0 bridgehead atoms. The molecule has 0 fully saturated rings. The zero-order chi connectivity index (χ0) is 13.8. The number of amides is 1. The predicted octanol–water partition coefficient (Wildman–Crippen LogP) is 4.29. The van der Waals surface area contributed by atoms with Gasteiger partial charge in [0.1, 0.15) is 0 Å². The molecule has 0 radical (unpaired) electrons. The Bertz CT molecular complexity index is 590. The van der Waals surface area contributed by atoms with Gasteiger partial charge in [0.05, 0.1) is 0 Å². The maximum Gasteiger partial charge on any atom is 0.255 e. The Balaban J connectivity index is 2.13. The first-order valence-electron chi connectivity index (χ1n) is 6.13. The molecule has 0 aromatic heterocycles. The molecule has 0 aliphatic carbocycles. The molecule has 98 valence electrons. The van der Waals surface area contributed by atoms with Crippen molar-refractivity contribution in [1.82, 2.24) is 0 Å². The highest BCUT2D eigenvalue weighted by atomic mass is 35.5. The number of hydrogen-bond donors (Lipinski definition) is 1. The summed E-state index contributed by atoms with van der Waals surface area (Å²) < 4.78 is 0. The quantitative estimate of drug-likeness (QED) is 0.830. The Labute approximate surface area is 118 Å². The van der Waals surface area contributed by atoms with E-state index >= 15 is 0 Å². The lowest BCUT2D eigenvalue weighted by Gasteiger charge is -2.08. The summed E-state index contributed by atoms with van der Waals surface area (Å²) in [6.07, 6.45) is 0. The Hall–Kier alpha value is -1.80. The Morgan fingerprint density at radius 2 is 1.74 bits per heavy atom. The first-order chi connectivity index (χ1) is 9.10. The van der Waals surface area contributed by atoms with Gasteiger partial charge in [-0.2, -0.15) is 0 Å². The fourth-order valence-corrected chi connectivity index (χ4v) is 1.95. The zero-order valence-corrected chi connectivity index (χ0v) is 11.8. The standard InChI is InChI=1S/C16H16ClNO/c1-11-3-8-15(9-12(11)2)18-16(19)14-6-4-13(10-17)5-7-14/h3-9H,10H2,1-2H3,(H,18,19). The van der Waals surface area contributed by atoms with Crippen LogP contribution < -0.4 is 5.32 Å². The maximum absolute atomic E-state index is 12.1. The number of carbonyl (C=O) groups excluding carboxylic acids is 1. The summed E-state index contributed by atoms with van der Waals surface area (Å²) in [5, 5.41) is 2.89. The molecule has 0 atom stereocenters. The zero-order valence-electron chi connectivity index (χ0n) is 11.0. The number of nitrogens with one attached hydrogen (secondary N) is 1. The average molecular weight is 274 g/mol. The third-order valence-electron chi connectivity index (χ3n) is 3.14. The van der Waals surface area contributed by atoms with Crippen molar-refractivity contribution in [1.29, 1.82) is 0 Å². The number of hydrogen-bond acceptors (Lipinski definition) is 1. The molecule has 19 heavy (non-hydrogen) atoms. The minimum atomic E-state index is -0.107. The van der Waals surface area contributed by atoms with Crippen molar-refractivity contribution in [3.63, 3.8) is 0 Å². The normalized spacial score (nSPS) is 10.3. The molecule has 1 N–H and O–H groups in total. The fourth-order valence-electron chi connectivity index (χ4n) is 1.77. The molecule has 1 amide bonds. The van der Waals surface area contributed by atoms with Crippen molar-refractivity contribution in [3.05, 3.63) is 64.7 Å². The molecule has 2 aromatic carbocycles. The van der Waals surface area contributed by atoms with E-state index in [0.29, 0.717) is 11.4 Å². The van der Waals surface area contributed by atoms with Crippen molar-refractivity contribution in [3.8, 4) is 0 Å². The lowest BCUT2D eigenvalue weighted by atomic mass is 10.1. The molecule has 0 spiro atoms. The highest BCUT2D eigenvalue weighted by Gasteiger charge is 2.06. The second-order valence-corrected chi connectivity index (χ2v) is 4.85. The smallest absolute Gasteiger partial charge is 0.255 e. The summed E-state index contributed by atoms with van der Waals surface area (Å²) in [6, 6.07) is 13.2. The molecular weight excluding hydrogens is 258 g/mol. The number of rotatable bonds is 3. The molecule has 0 saturated heterocycles. The van der Waals surface area contributed by atoms with Crippen LogP contribution in [-0.4, -0.2) is 5.91 Å². The van der Waals surface area contributed by atoms with E-state index in [1.165, 1.54) is 5.56 Å². The van der Waals surface area contributed by atoms with Gasteiger partial charge in [0.15, 0.2) is 0 Å². The Morgan fingerprint density at radius 3 is 2.32 bits per heavy atom. The van der Waals surface area contributed by atoms with Gasteiger partial charge in [0.25, 0.3) is 5.91 Å². The average Bonchev–Trinajstić information content (AvgIpc) is 2.43. The Morgan fingerprint density at radius 1 is 1.05 bits per heavy atom. The van der Waals surface area contributed by atoms with Gasteiger partial charge in [-0.1, -0.05) is 18.2 Å². The van der Waals surface area contributed by atoms with Crippen molar-refractivity contribution in [2.45, 2.75) is 19.7 Å². The highest BCUT2D eigenvalue weighted by Crippen LogP contribution is 2.15. The molecule has 2 aromatic rings. The van der Waals surface area contributed by atoms with E-state index in [0.717, 1.165) is 16.8 Å². The fraction of sp³-hybridized carbons (Fsp3) is 0.188. The van der Waals surface area contributed by atoms with Gasteiger partial charge in [-0.15, -0.1) is 11.6 Å². The van der Waals surface area contributed by atoms with Gasteiger partial charge >= 0.3 is 0 Å². The number of anilines is 1. The van der Waals surface area contributed by atoms with Crippen molar-refractivity contribution in [2.75, 3.05) is 5.32 Å². The third kappa shape index (κ3) is 3.36. The number of aryl methyl sites for hydroxylation is 2. The van der Waals surface area contributed by atoms with Crippen LogP contribution in [0.15, 0.2) is 42.5 Å². The van der Waals surface area contributed by atoms with Crippen LogP contribution in [0.3, 0.4) is 0 Å². The second kappa shape index (κ2) is 5.89. The topological polar surface area (TPSA) is 29.1 Å². The predicted molar refractivity (Wildman–Crippen MR) is 79.9 cm³/mol. The first kappa shape index (κ1) is 13.6. The van der Waals surface area contributed by atoms with Crippen molar-refractivity contribution >= 4 is 23.2 Å². The van der Waals surface area contributed by atoms with Crippen LogP contribution in [0.5, 0.6) is 0 Å². The molecule has 2 nitrogen and oxygen atoms in total. The number of alkyl halides is 1. The summed E-state index contributed by atoms with van der Waals surface area (Å²) in [5.41, 5.74) is 4.82. The van der Waals surface area contributed by atoms with Crippen LogP contribution in [-0.2, 0) is 5.88 Å². The highest BCUT2D eigenvalue weighted by molar-refractivity contribution is 6.17. The van der Waals surface area contributed by atoms with E-state index in [2.05, 4.69) is 5.32 Å². The van der Waals surface area contributed by atoms with Gasteiger partial charge in [0, 0.05) is 17.1 Å². The SMILES string of the molecule is Cc1ccc(NC(=O)c2ccc(CCl)cc2)cc1C. The molecule has 0 aliphatic rings. The maximum atomic E-state index is 12.1. The van der Waals surface area contributed by atoms with Crippen molar-refractivity contribution < 1.29 is 4.79 Å². The van der Waals surface area contributed by atoms with E-state index in [-0.39, 0.29) is 5.91 Å². The van der Waals surface area contributed by atoms with E-state index < -0.39 is 0 Å². The Kier molecular flexibility index (Phi) is 4.23. The lowest BCUT2D eigenvalue weighted by Crippen LogP contribution is -2.11. The van der Waals surface area contributed by atoms with Gasteiger partial charge in [-0.3, -0.25) is 4.79 Å². The molecule has 2 rings (SSSR count). The van der Waals surface area contributed by atoms with E-state index in [1.54, 1.807) is 12.1 Å².